The number of hydrogen-bond acceptors (Lipinski definition) is 2. The van der Waals surface area contributed by atoms with Gasteiger partial charge in [-0.25, -0.2) is 0 Å². The Balaban J connectivity index is 0. The van der Waals surface area contributed by atoms with Crippen molar-refractivity contribution in [3.8, 4) is 0 Å². The Bertz CT molecular complexity index is 400. The van der Waals surface area contributed by atoms with Gasteiger partial charge in [-0.05, 0) is 10.5 Å². The van der Waals surface area contributed by atoms with Crippen molar-refractivity contribution in [1.29, 1.82) is 0 Å². The van der Waals surface area contributed by atoms with E-state index in [1.54, 1.807) is 4.58 Å². The van der Waals surface area contributed by atoms with Crippen molar-refractivity contribution in [2.45, 2.75) is 65.6 Å². The maximum Gasteiger partial charge on any atom is 1.00 e. The normalized spacial score (nSPS) is 11.8. The molecule has 0 N–H and O–H groups in total. The minimum absolute atomic E-state index is 0. The van der Waals surface area contributed by atoms with E-state index in [0.717, 1.165) is 12.2 Å². The summed E-state index contributed by atoms with van der Waals surface area (Å²) >= 11 is 4.08. The summed E-state index contributed by atoms with van der Waals surface area (Å²) in [5, 5.41) is 0. The van der Waals surface area contributed by atoms with Crippen molar-refractivity contribution in [2.75, 3.05) is 5.75 Å². The van der Waals surface area contributed by atoms with Gasteiger partial charge in [0.1, 0.15) is 0 Å². The summed E-state index contributed by atoms with van der Waals surface area (Å²) in [6.07, 6.45) is 3.60. The molecular weight excluding hydrogens is 306 g/mol. The summed E-state index contributed by atoms with van der Waals surface area (Å²) in [7, 11) is 0. The van der Waals surface area contributed by atoms with Crippen LogP contribution in [0.4, 0.5) is 0 Å². The summed E-state index contributed by atoms with van der Waals surface area (Å²) in [6, 6.07) is 11.7. The molecule has 0 spiro atoms. The smallest absolute Gasteiger partial charge is 0.337 e. The van der Waals surface area contributed by atoms with E-state index in [0.29, 0.717) is 4.75 Å². The van der Waals surface area contributed by atoms with Gasteiger partial charge in [-0.15, -0.1) is 5.41 Å². The zero-order valence-corrected chi connectivity index (χ0v) is 18.1. The first-order valence-corrected chi connectivity index (χ1v) is 9.69. The van der Waals surface area contributed by atoms with Crippen LogP contribution in [0.3, 0.4) is 0 Å². The van der Waals surface area contributed by atoms with E-state index in [1.807, 2.05) is 23.9 Å². The second-order valence-corrected chi connectivity index (χ2v) is 10.4. The number of hydrogen-bond donors (Lipinski definition) is 0. The van der Waals surface area contributed by atoms with Crippen LogP contribution in [-0.2, 0) is 6.42 Å². The van der Waals surface area contributed by atoms with Gasteiger partial charge in [-0.3, -0.25) is 0 Å². The van der Waals surface area contributed by atoms with Gasteiger partial charge in [0.2, 0.25) is 0 Å². The summed E-state index contributed by atoms with van der Waals surface area (Å²) in [5.74, 6) is 1.16. The molecule has 0 radical (unpaired) electrons. The fourth-order valence-electron chi connectivity index (χ4n) is 2.18. The van der Waals surface area contributed by atoms with Crippen LogP contribution in [0.2, 0.25) is 0 Å². The molecule has 0 saturated heterocycles. The zero-order chi connectivity index (χ0) is 15.9. The third kappa shape index (κ3) is 11.4. The average molecular weight is 336 g/mol. The van der Waals surface area contributed by atoms with Crippen molar-refractivity contribution in [3.05, 3.63) is 40.5 Å². The molecule has 0 nitrogen and oxygen atoms in total. The van der Waals surface area contributed by atoms with Crippen LogP contribution < -0.4 is 37.7 Å². The van der Waals surface area contributed by atoms with Gasteiger partial charge in [0.05, 0.1) is 0 Å². The van der Waals surface area contributed by atoms with Crippen molar-refractivity contribution in [2.24, 2.45) is 5.41 Å². The van der Waals surface area contributed by atoms with Crippen LogP contribution in [0.15, 0.2) is 24.3 Å². The molecule has 0 aliphatic carbocycles. The van der Waals surface area contributed by atoms with Gasteiger partial charge in [-0.1, -0.05) is 60.8 Å². The Kier molecular flexibility index (Phi) is 14.3. The quantitative estimate of drug-likeness (QED) is 0.504. The first kappa shape index (κ1) is 26.3. The molecule has 0 bridgehead atoms. The molecule has 23 heavy (non-hydrogen) atoms. The van der Waals surface area contributed by atoms with Crippen molar-refractivity contribution in [3.63, 3.8) is 0 Å². The Hall–Kier alpha value is 1.11. The maximum absolute atomic E-state index is 3.33. The largest absolute Gasteiger partial charge is 1.00 e. The van der Waals surface area contributed by atoms with E-state index in [2.05, 4.69) is 71.5 Å². The standard InChI is InChI=1S/C19H30S2.2Li/c1-7-20-17(21-18(2,3)4)19(5,6)15-11-14-16-12-9-8-10-13-16;;/h8-10,12H,7,11,14-15H2,1-6H3;;/q-2;2*+1. The van der Waals surface area contributed by atoms with E-state index < -0.39 is 0 Å². The summed E-state index contributed by atoms with van der Waals surface area (Å²) < 4.78 is 1.89. The molecule has 1 aromatic rings. The van der Waals surface area contributed by atoms with E-state index in [9.17, 15) is 0 Å². The number of rotatable bonds is 8. The van der Waals surface area contributed by atoms with E-state index in [4.69, 9.17) is 0 Å². The fraction of sp³-hybridized carbons (Fsp3) is 0.632. The molecular formula is C19H30Li2S2. The van der Waals surface area contributed by atoms with E-state index in [-0.39, 0.29) is 43.1 Å². The first-order valence-electron chi connectivity index (χ1n) is 7.89. The van der Waals surface area contributed by atoms with Crippen LogP contribution in [0, 0.1) is 16.1 Å². The Morgan fingerprint density at radius 2 is 1.74 bits per heavy atom. The van der Waals surface area contributed by atoms with E-state index in [1.165, 1.54) is 18.4 Å². The summed E-state index contributed by atoms with van der Waals surface area (Å²) in [5.41, 5.74) is 1.62. The third-order valence-corrected chi connectivity index (χ3v) is 6.31. The molecule has 0 fully saturated rings. The van der Waals surface area contributed by atoms with Crippen molar-refractivity contribution >= 4 is 23.5 Å². The van der Waals surface area contributed by atoms with Crippen LogP contribution in [0.25, 0.3) is 0 Å². The monoisotopic (exact) mass is 336 g/mol. The number of thioether (sulfide) groups is 2. The molecule has 0 aliphatic heterocycles. The van der Waals surface area contributed by atoms with Crippen LogP contribution in [0.5, 0.6) is 0 Å². The average Bonchev–Trinajstić information content (AvgIpc) is 2.38. The SMILES string of the molecule is CCS[C-](SC(C)(C)C)C(C)(C)CCCc1[c-]cccc1.[Li+].[Li+]. The molecule has 0 saturated carbocycles. The fourth-order valence-corrected chi connectivity index (χ4v) is 5.21. The van der Waals surface area contributed by atoms with Crippen LogP contribution >= 0.6 is 23.5 Å². The van der Waals surface area contributed by atoms with Gasteiger partial charge in [0.15, 0.2) is 0 Å². The van der Waals surface area contributed by atoms with Gasteiger partial charge >= 0.3 is 37.7 Å². The summed E-state index contributed by atoms with van der Waals surface area (Å²) in [6.45, 7) is 14.0. The first-order chi connectivity index (χ1) is 9.74. The molecule has 0 atom stereocenters. The predicted octanol–water partition coefficient (Wildman–Crippen LogP) is 0.618. The molecule has 4 heteroatoms. The topological polar surface area (TPSA) is 0 Å². The maximum atomic E-state index is 3.33. The number of aryl methyl sites for hydroxylation is 1. The molecule has 1 rings (SSSR count). The molecule has 0 aromatic heterocycles. The van der Waals surface area contributed by atoms with Crippen LogP contribution in [-0.4, -0.2) is 10.5 Å². The minimum Gasteiger partial charge on any atom is -0.337 e. The third-order valence-electron chi connectivity index (χ3n) is 3.25. The Morgan fingerprint density at radius 3 is 2.22 bits per heavy atom. The van der Waals surface area contributed by atoms with Gasteiger partial charge in [-0.2, -0.15) is 40.5 Å². The van der Waals surface area contributed by atoms with Gasteiger partial charge in [0.25, 0.3) is 0 Å². The predicted molar refractivity (Wildman–Crippen MR) is 101 cm³/mol. The van der Waals surface area contributed by atoms with E-state index >= 15 is 0 Å². The van der Waals surface area contributed by atoms with Gasteiger partial charge in [0, 0.05) is 0 Å². The molecule has 1 aromatic carbocycles. The Labute approximate surface area is 177 Å². The molecule has 0 aliphatic rings. The van der Waals surface area contributed by atoms with Crippen molar-refractivity contribution < 1.29 is 37.7 Å². The molecule has 120 valence electrons. The summed E-state index contributed by atoms with van der Waals surface area (Å²) in [4.78, 5) is 0. The Morgan fingerprint density at radius 1 is 1.09 bits per heavy atom. The van der Waals surface area contributed by atoms with Crippen molar-refractivity contribution in [1.82, 2.24) is 0 Å². The molecule has 0 amide bonds. The molecule has 0 unspecified atom stereocenters. The van der Waals surface area contributed by atoms with Crippen LogP contribution in [0.1, 0.15) is 59.9 Å². The number of benzene rings is 1. The molecule has 0 heterocycles. The minimum atomic E-state index is 0. The van der Waals surface area contributed by atoms with Gasteiger partial charge < -0.3 is 23.5 Å². The second-order valence-electron chi connectivity index (χ2n) is 7.06. The second kappa shape index (κ2) is 12.5. The zero-order valence-electron chi connectivity index (χ0n) is 16.5.